The molecule has 0 amide bonds. The first-order valence-electron chi connectivity index (χ1n) is 7.70. The predicted molar refractivity (Wildman–Crippen MR) is 98.4 cm³/mol. The van der Waals surface area contributed by atoms with E-state index in [9.17, 15) is 13.2 Å². The number of nitrogens with one attached hydrogen (secondary N) is 1. The van der Waals surface area contributed by atoms with Gasteiger partial charge >= 0.3 is 0 Å². The van der Waals surface area contributed by atoms with E-state index in [1.165, 1.54) is 22.9 Å². The second kappa shape index (κ2) is 7.77. The van der Waals surface area contributed by atoms with Crippen molar-refractivity contribution in [3.05, 3.63) is 76.3 Å². The normalized spacial score (nSPS) is 11.4. The van der Waals surface area contributed by atoms with Gasteiger partial charge in [-0.25, -0.2) is 17.8 Å². The van der Waals surface area contributed by atoms with E-state index in [1.54, 1.807) is 36.7 Å². The minimum absolute atomic E-state index is 0.00302. The highest BCUT2D eigenvalue weighted by Crippen LogP contribution is 2.19. The number of halogens is 1. The zero-order chi connectivity index (χ0) is 18.6. The lowest BCUT2D eigenvalue weighted by Gasteiger charge is -2.10. The molecule has 9 heteroatoms. The van der Waals surface area contributed by atoms with Crippen molar-refractivity contribution in [2.24, 2.45) is 0 Å². The Morgan fingerprint density at radius 3 is 2.62 bits per heavy atom. The summed E-state index contributed by atoms with van der Waals surface area (Å²) in [6.07, 6.45) is 3.28. The Bertz CT molecular complexity index is 1070. The van der Waals surface area contributed by atoms with Crippen LogP contribution < -0.4 is 10.3 Å². The number of hydrogen-bond acceptors (Lipinski definition) is 5. The molecule has 1 aromatic carbocycles. The van der Waals surface area contributed by atoms with Gasteiger partial charge in [0, 0.05) is 30.6 Å². The molecule has 134 valence electrons. The fourth-order valence-corrected chi connectivity index (χ4v) is 3.84. The second-order valence-corrected chi connectivity index (χ2v) is 7.49. The van der Waals surface area contributed by atoms with Gasteiger partial charge < -0.3 is 0 Å². The van der Waals surface area contributed by atoms with Gasteiger partial charge in [-0.2, -0.15) is 5.10 Å². The molecule has 0 unspecified atom stereocenters. The van der Waals surface area contributed by atoms with Crippen LogP contribution in [0.1, 0.15) is 0 Å². The van der Waals surface area contributed by atoms with Crippen LogP contribution >= 0.6 is 11.6 Å². The number of nitrogens with zero attached hydrogens (tertiary/aromatic N) is 3. The summed E-state index contributed by atoms with van der Waals surface area (Å²) in [5.41, 5.74) is 1.01. The lowest BCUT2D eigenvalue weighted by molar-refractivity contribution is 0.549. The third kappa shape index (κ3) is 4.16. The van der Waals surface area contributed by atoms with E-state index >= 15 is 0 Å². The van der Waals surface area contributed by atoms with Crippen molar-refractivity contribution in [3.8, 4) is 11.3 Å². The fourth-order valence-electron chi connectivity index (χ4n) is 2.30. The molecular weight excluding hydrogens is 376 g/mol. The summed E-state index contributed by atoms with van der Waals surface area (Å²) in [4.78, 5) is 16.0. The molecular formula is C17H15ClN4O3S. The molecule has 3 aromatic rings. The van der Waals surface area contributed by atoms with Crippen LogP contribution in [-0.4, -0.2) is 29.7 Å². The van der Waals surface area contributed by atoms with Crippen LogP contribution in [0.5, 0.6) is 0 Å². The molecule has 7 nitrogen and oxygen atoms in total. The SMILES string of the molecule is O=c1ccc(-c2cccnc2)nn1CCNS(=O)(=O)c1ccccc1Cl. The van der Waals surface area contributed by atoms with Gasteiger partial charge in [0.25, 0.3) is 5.56 Å². The number of aromatic nitrogens is 3. The van der Waals surface area contributed by atoms with E-state index < -0.39 is 10.0 Å². The van der Waals surface area contributed by atoms with Crippen molar-refractivity contribution in [2.45, 2.75) is 11.4 Å². The maximum absolute atomic E-state index is 12.3. The van der Waals surface area contributed by atoms with Gasteiger partial charge in [0.05, 0.1) is 17.3 Å². The lowest BCUT2D eigenvalue weighted by Crippen LogP contribution is -2.32. The molecule has 0 fully saturated rings. The van der Waals surface area contributed by atoms with E-state index in [-0.39, 0.29) is 28.6 Å². The molecule has 0 saturated heterocycles. The topological polar surface area (TPSA) is 93.9 Å². The number of sulfonamides is 1. The largest absolute Gasteiger partial charge is 0.268 e. The van der Waals surface area contributed by atoms with Gasteiger partial charge in [0.2, 0.25) is 10.0 Å². The number of hydrogen-bond donors (Lipinski definition) is 1. The van der Waals surface area contributed by atoms with Crippen LogP contribution in [0, 0.1) is 0 Å². The molecule has 26 heavy (non-hydrogen) atoms. The third-order valence-electron chi connectivity index (χ3n) is 3.57. The molecule has 0 aliphatic heterocycles. The Hall–Kier alpha value is -2.55. The smallest absolute Gasteiger partial charge is 0.266 e. The molecule has 0 aliphatic carbocycles. The van der Waals surface area contributed by atoms with Gasteiger partial charge in [0.1, 0.15) is 4.90 Å². The summed E-state index contributed by atoms with van der Waals surface area (Å²) < 4.78 is 28.2. The highest BCUT2D eigenvalue weighted by atomic mass is 35.5. The van der Waals surface area contributed by atoms with E-state index in [0.29, 0.717) is 5.69 Å². The number of benzene rings is 1. The number of rotatable bonds is 6. The minimum atomic E-state index is -3.77. The van der Waals surface area contributed by atoms with Crippen molar-refractivity contribution < 1.29 is 8.42 Å². The Morgan fingerprint density at radius 1 is 1.08 bits per heavy atom. The van der Waals surface area contributed by atoms with E-state index in [1.807, 2.05) is 6.07 Å². The summed E-state index contributed by atoms with van der Waals surface area (Å²) in [6, 6.07) is 12.7. The van der Waals surface area contributed by atoms with Crippen molar-refractivity contribution in [3.63, 3.8) is 0 Å². The summed E-state index contributed by atoms with van der Waals surface area (Å²) >= 11 is 5.93. The van der Waals surface area contributed by atoms with E-state index in [4.69, 9.17) is 11.6 Å². The standard InChI is InChI=1S/C17H15ClN4O3S/c18-14-5-1-2-6-16(14)26(24,25)20-10-11-22-17(23)8-7-15(21-22)13-4-3-9-19-12-13/h1-9,12,20H,10-11H2. The van der Waals surface area contributed by atoms with Crippen LogP contribution in [-0.2, 0) is 16.6 Å². The summed E-state index contributed by atoms with van der Waals surface area (Å²) in [5.74, 6) is 0. The highest BCUT2D eigenvalue weighted by molar-refractivity contribution is 7.89. The highest BCUT2D eigenvalue weighted by Gasteiger charge is 2.16. The van der Waals surface area contributed by atoms with Crippen molar-refractivity contribution in [1.82, 2.24) is 19.5 Å². The Kier molecular flexibility index (Phi) is 5.46. The van der Waals surface area contributed by atoms with Crippen LogP contribution in [0.4, 0.5) is 0 Å². The van der Waals surface area contributed by atoms with Gasteiger partial charge in [-0.3, -0.25) is 9.78 Å². The average molecular weight is 391 g/mol. The summed E-state index contributed by atoms with van der Waals surface area (Å²) in [5, 5.41) is 4.39. The maximum Gasteiger partial charge on any atom is 0.266 e. The van der Waals surface area contributed by atoms with Gasteiger partial charge in [-0.1, -0.05) is 23.7 Å². The average Bonchev–Trinajstić information content (AvgIpc) is 2.64. The molecule has 2 aromatic heterocycles. The minimum Gasteiger partial charge on any atom is -0.268 e. The molecule has 0 radical (unpaired) electrons. The zero-order valence-corrected chi connectivity index (χ0v) is 15.1. The molecule has 0 atom stereocenters. The monoisotopic (exact) mass is 390 g/mol. The molecule has 0 aliphatic rings. The summed E-state index contributed by atoms with van der Waals surface area (Å²) in [6.45, 7) is 0.0770. The van der Waals surface area contributed by atoms with Crippen LogP contribution in [0.25, 0.3) is 11.3 Å². The van der Waals surface area contributed by atoms with Crippen LogP contribution in [0.15, 0.2) is 70.6 Å². The number of pyridine rings is 1. The predicted octanol–water partition coefficient (Wildman–Crippen LogP) is 1.94. The first-order chi connectivity index (χ1) is 12.5. The van der Waals surface area contributed by atoms with Gasteiger partial charge in [0.15, 0.2) is 0 Å². The summed E-state index contributed by atoms with van der Waals surface area (Å²) in [7, 11) is -3.77. The fraction of sp³-hybridized carbons (Fsp3) is 0.118. The molecule has 0 spiro atoms. The second-order valence-electron chi connectivity index (χ2n) is 5.35. The molecule has 3 rings (SSSR count). The first kappa shape index (κ1) is 18.2. The van der Waals surface area contributed by atoms with Crippen molar-refractivity contribution >= 4 is 21.6 Å². The van der Waals surface area contributed by atoms with Crippen LogP contribution in [0.2, 0.25) is 5.02 Å². The van der Waals surface area contributed by atoms with Crippen molar-refractivity contribution in [2.75, 3.05) is 6.54 Å². The van der Waals surface area contributed by atoms with Crippen LogP contribution in [0.3, 0.4) is 0 Å². The lowest BCUT2D eigenvalue weighted by atomic mass is 10.2. The van der Waals surface area contributed by atoms with E-state index in [2.05, 4.69) is 14.8 Å². The molecule has 0 saturated carbocycles. The first-order valence-corrected chi connectivity index (χ1v) is 9.56. The van der Waals surface area contributed by atoms with Crippen molar-refractivity contribution in [1.29, 1.82) is 0 Å². The Balaban J connectivity index is 1.74. The quantitative estimate of drug-likeness (QED) is 0.694. The third-order valence-corrected chi connectivity index (χ3v) is 5.53. The maximum atomic E-state index is 12.3. The molecule has 2 heterocycles. The Morgan fingerprint density at radius 2 is 1.88 bits per heavy atom. The van der Waals surface area contributed by atoms with E-state index in [0.717, 1.165) is 5.56 Å². The van der Waals surface area contributed by atoms with Gasteiger partial charge in [-0.15, -0.1) is 0 Å². The molecule has 1 N–H and O–H groups in total. The molecule has 0 bridgehead atoms. The Labute approximate surface area is 155 Å². The van der Waals surface area contributed by atoms with Gasteiger partial charge in [-0.05, 0) is 30.3 Å². The zero-order valence-electron chi connectivity index (χ0n) is 13.5.